The van der Waals surface area contributed by atoms with Crippen LogP contribution in [0.4, 0.5) is 11.6 Å². The van der Waals surface area contributed by atoms with Crippen LogP contribution in [0, 0.1) is 5.92 Å². The van der Waals surface area contributed by atoms with Crippen molar-refractivity contribution >= 4 is 28.3 Å². The monoisotopic (exact) mass is 510 g/mol. The van der Waals surface area contributed by atoms with Crippen LogP contribution in [-0.4, -0.2) is 50.3 Å². The van der Waals surface area contributed by atoms with Crippen molar-refractivity contribution < 1.29 is 4.79 Å². The molecule has 7 nitrogen and oxygen atoms in total. The Hall–Kier alpha value is -3.58. The molecule has 1 aromatic carbocycles. The normalized spacial score (nSPS) is 14.7. The van der Waals surface area contributed by atoms with E-state index < -0.39 is 0 Å². The van der Waals surface area contributed by atoms with E-state index in [0.29, 0.717) is 24.0 Å². The van der Waals surface area contributed by atoms with Crippen molar-refractivity contribution in [2.24, 2.45) is 5.92 Å². The average molecular weight is 511 g/mol. The average Bonchev–Trinajstić information content (AvgIpc) is 3.63. The van der Waals surface area contributed by atoms with E-state index in [-0.39, 0.29) is 5.78 Å². The molecule has 7 heteroatoms. The summed E-state index contributed by atoms with van der Waals surface area (Å²) in [6.45, 7) is 6.05. The fourth-order valence-electron chi connectivity index (χ4n) is 5.36. The second-order valence-corrected chi connectivity index (χ2v) is 10.4. The predicted octanol–water partition coefficient (Wildman–Crippen LogP) is 7.02. The maximum atomic E-state index is 13.0. The first-order valence-electron chi connectivity index (χ1n) is 14.1. The second kappa shape index (κ2) is 12.8. The zero-order valence-electron chi connectivity index (χ0n) is 22.3. The molecule has 198 valence electrons. The summed E-state index contributed by atoms with van der Waals surface area (Å²) in [5.41, 5.74) is 4.07. The summed E-state index contributed by atoms with van der Waals surface area (Å²) in [4.78, 5) is 32.2. The van der Waals surface area contributed by atoms with Crippen LogP contribution in [0.15, 0.2) is 60.9 Å². The number of likely N-dealkylation sites (tertiary alicyclic amines) is 1. The summed E-state index contributed by atoms with van der Waals surface area (Å²) in [5.74, 6) is 1.32. The highest BCUT2D eigenvalue weighted by atomic mass is 16.1. The Morgan fingerprint density at radius 1 is 1.00 bits per heavy atom. The van der Waals surface area contributed by atoms with Gasteiger partial charge in [-0.05, 0) is 93.7 Å². The molecule has 4 heterocycles. The van der Waals surface area contributed by atoms with Crippen molar-refractivity contribution in [3.63, 3.8) is 0 Å². The molecule has 3 aromatic heterocycles. The van der Waals surface area contributed by atoms with Gasteiger partial charge in [-0.25, -0.2) is 9.97 Å². The molecule has 1 fully saturated rings. The van der Waals surface area contributed by atoms with Crippen molar-refractivity contribution in [2.75, 3.05) is 25.0 Å². The minimum atomic E-state index is 0.192. The van der Waals surface area contributed by atoms with Crippen LogP contribution in [-0.2, 0) is 0 Å². The van der Waals surface area contributed by atoms with Crippen LogP contribution in [0.25, 0.3) is 22.3 Å². The molecule has 0 spiro atoms. The number of Topliss-reactive ketones (excluding diaryl/α,β-unsaturated/α-hetero) is 1. The molecule has 0 radical (unpaired) electrons. The van der Waals surface area contributed by atoms with Gasteiger partial charge in [0.25, 0.3) is 0 Å². The number of anilines is 2. The topological polar surface area (TPSA) is 86.8 Å². The van der Waals surface area contributed by atoms with Crippen LogP contribution >= 0.6 is 0 Å². The van der Waals surface area contributed by atoms with E-state index >= 15 is 0 Å². The van der Waals surface area contributed by atoms with Crippen LogP contribution in [0.1, 0.15) is 68.8 Å². The van der Waals surface area contributed by atoms with Gasteiger partial charge >= 0.3 is 0 Å². The number of nitrogens with zero attached hydrogens (tertiary/aromatic N) is 4. The number of hydrogen-bond donors (Lipinski definition) is 2. The maximum absolute atomic E-state index is 13.0. The molecule has 1 unspecified atom stereocenters. The molecule has 1 saturated heterocycles. The van der Waals surface area contributed by atoms with Gasteiger partial charge in [0.1, 0.15) is 0 Å². The van der Waals surface area contributed by atoms with E-state index in [2.05, 4.69) is 37.1 Å². The highest BCUT2D eigenvalue weighted by Crippen LogP contribution is 2.25. The number of carbonyl (C=O) groups is 1. The van der Waals surface area contributed by atoms with Crippen molar-refractivity contribution in [2.45, 2.75) is 58.3 Å². The first-order valence-corrected chi connectivity index (χ1v) is 14.1. The zero-order valence-corrected chi connectivity index (χ0v) is 22.3. The molecule has 2 N–H and O–H groups in total. The minimum absolute atomic E-state index is 0.192. The van der Waals surface area contributed by atoms with E-state index in [1.54, 1.807) is 12.4 Å². The highest BCUT2D eigenvalue weighted by molar-refractivity contribution is 6.00. The van der Waals surface area contributed by atoms with E-state index in [4.69, 9.17) is 0 Å². The Kier molecular flexibility index (Phi) is 8.76. The molecule has 0 saturated carbocycles. The van der Waals surface area contributed by atoms with Gasteiger partial charge in [0.05, 0.1) is 17.1 Å². The standard InChI is InChI=1S/C31H38N6O/c1-2-23(9-4-6-18-37-19-7-8-20-37)11-14-30(38)29-22-24-21-25(12-13-26(24)35-29)34-31-33-17-15-28(36-31)27-10-3-5-16-32-27/h3,5,10,12-13,15-17,21-23,35H,2,4,6-9,11,14,18-20H2,1H3,(H,33,34,36). The van der Waals surface area contributed by atoms with Gasteiger partial charge < -0.3 is 15.2 Å². The van der Waals surface area contributed by atoms with E-state index in [1.807, 2.05) is 48.5 Å². The fourth-order valence-corrected chi connectivity index (χ4v) is 5.36. The van der Waals surface area contributed by atoms with Gasteiger partial charge in [0.15, 0.2) is 5.78 Å². The molecular formula is C31H38N6O. The molecule has 4 aromatic rings. The quantitative estimate of drug-likeness (QED) is 0.148. The summed E-state index contributed by atoms with van der Waals surface area (Å²) in [7, 11) is 0. The third-order valence-electron chi connectivity index (χ3n) is 7.65. The number of unbranched alkanes of at least 4 members (excludes halogenated alkanes) is 1. The van der Waals surface area contributed by atoms with Crippen LogP contribution in [0.2, 0.25) is 0 Å². The zero-order chi connectivity index (χ0) is 26.2. The summed E-state index contributed by atoms with van der Waals surface area (Å²) < 4.78 is 0. The first kappa shape index (κ1) is 26.0. The second-order valence-electron chi connectivity index (χ2n) is 10.4. The number of hydrogen-bond acceptors (Lipinski definition) is 6. The Morgan fingerprint density at radius 3 is 2.71 bits per heavy atom. The van der Waals surface area contributed by atoms with Crippen molar-refractivity contribution in [3.8, 4) is 11.4 Å². The fraction of sp³-hybridized carbons (Fsp3) is 0.419. The molecule has 0 bridgehead atoms. The van der Waals surface area contributed by atoms with Crippen molar-refractivity contribution in [1.29, 1.82) is 0 Å². The van der Waals surface area contributed by atoms with Gasteiger partial charge in [-0.2, -0.15) is 0 Å². The number of rotatable bonds is 13. The lowest BCUT2D eigenvalue weighted by Gasteiger charge is -2.17. The number of pyridine rings is 1. The van der Waals surface area contributed by atoms with Crippen molar-refractivity contribution in [1.82, 2.24) is 24.8 Å². The Bertz CT molecular complexity index is 1330. The molecule has 0 amide bonds. The van der Waals surface area contributed by atoms with Gasteiger partial charge in [-0.1, -0.05) is 32.3 Å². The molecule has 38 heavy (non-hydrogen) atoms. The number of nitrogens with one attached hydrogen (secondary N) is 2. The van der Waals surface area contributed by atoms with Gasteiger partial charge in [0.2, 0.25) is 5.95 Å². The molecule has 0 aliphatic carbocycles. The summed E-state index contributed by atoms with van der Waals surface area (Å²) in [6, 6.07) is 15.5. The lowest BCUT2D eigenvalue weighted by molar-refractivity contribution is 0.0968. The van der Waals surface area contributed by atoms with Crippen LogP contribution in [0.5, 0.6) is 0 Å². The first-order chi connectivity index (χ1) is 18.7. The summed E-state index contributed by atoms with van der Waals surface area (Å²) in [6.07, 6.45) is 12.7. The number of ketones is 1. The summed E-state index contributed by atoms with van der Waals surface area (Å²) in [5, 5.41) is 4.28. The smallest absolute Gasteiger partial charge is 0.227 e. The lowest BCUT2D eigenvalue weighted by atomic mass is 9.93. The lowest BCUT2D eigenvalue weighted by Crippen LogP contribution is -2.20. The third kappa shape index (κ3) is 6.84. The largest absolute Gasteiger partial charge is 0.352 e. The molecule has 5 rings (SSSR count). The number of H-pyrrole nitrogens is 1. The number of carbonyl (C=O) groups excluding carboxylic acids is 1. The highest BCUT2D eigenvalue weighted by Gasteiger charge is 2.15. The maximum Gasteiger partial charge on any atom is 0.227 e. The molecule has 1 atom stereocenters. The van der Waals surface area contributed by atoms with Crippen molar-refractivity contribution in [3.05, 3.63) is 66.6 Å². The minimum Gasteiger partial charge on any atom is -0.352 e. The predicted molar refractivity (Wildman–Crippen MR) is 154 cm³/mol. The SMILES string of the molecule is CCC(CCCCN1CCCC1)CCC(=O)c1cc2cc(Nc3nccc(-c4ccccn4)n3)ccc2[nH]1. The third-order valence-corrected chi connectivity index (χ3v) is 7.65. The van der Waals surface area contributed by atoms with E-state index in [9.17, 15) is 4.79 Å². The molecule has 1 aliphatic rings. The van der Waals surface area contributed by atoms with E-state index in [1.165, 1.54) is 51.7 Å². The van der Waals surface area contributed by atoms with Gasteiger partial charge in [-0.15, -0.1) is 0 Å². The number of aromatic nitrogens is 4. The van der Waals surface area contributed by atoms with Gasteiger partial charge in [-0.3, -0.25) is 9.78 Å². The van der Waals surface area contributed by atoms with E-state index in [0.717, 1.165) is 40.8 Å². The Morgan fingerprint density at radius 2 is 1.89 bits per heavy atom. The van der Waals surface area contributed by atoms with Gasteiger partial charge in [0, 0.05) is 35.4 Å². The molecular weight excluding hydrogens is 472 g/mol. The molecule has 1 aliphatic heterocycles. The number of fused-ring (bicyclic) bond motifs is 1. The number of aromatic amines is 1. The Labute approximate surface area is 225 Å². The van der Waals surface area contributed by atoms with Crippen LogP contribution in [0.3, 0.4) is 0 Å². The van der Waals surface area contributed by atoms with Crippen LogP contribution < -0.4 is 5.32 Å². The Balaban J connectivity index is 1.15. The number of benzene rings is 1. The summed E-state index contributed by atoms with van der Waals surface area (Å²) >= 11 is 0.